The van der Waals surface area contributed by atoms with Crippen molar-refractivity contribution in [2.75, 3.05) is 6.61 Å². The maximum absolute atomic E-state index is 11.7. The summed E-state index contributed by atoms with van der Waals surface area (Å²) in [5, 5.41) is 3.19. The third-order valence-electron chi connectivity index (χ3n) is 4.66. The standard InChI is InChI=1S/C22H21N3O4S2/c1-14-17(24-19(29-14)13-30-20-4-2-3-10-23-20)9-11-28-16-7-5-15(6-8-16)12-18-21(26)31-22(27)25-18/h2-8,10,18H,9,11-13H2,1H3,(H,25,27). The summed E-state index contributed by atoms with van der Waals surface area (Å²) in [6, 6.07) is 12.9. The van der Waals surface area contributed by atoms with Crippen LogP contribution in [0, 0.1) is 6.92 Å². The number of carbonyl (C=O) groups excluding carboxylic acids is 2. The molecule has 3 heterocycles. The molecule has 1 aliphatic heterocycles. The van der Waals surface area contributed by atoms with Gasteiger partial charge < -0.3 is 14.5 Å². The Morgan fingerprint density at radius 2 is 2.03 bits per heavy atom. The van der Waals surface area contributed by atoms with E-state index in [-0.39, 0.29) is 10.4 Å². The summed E-state index contributed by atoms with van der Waals surface area (Å²) < 4.78 is 11.6. The van der Waals surface area contributed by atoms with Crippen molar-refractivity contribution in [1.82, 2.24) is 15.3 Å². The second kappa shape index (κ2) is 10.0. The number of ether oxygens (including phenoxy) is 1. The van der Waals surface area contributed by atoms with Gasteiger partial charge in [0, 0.05) is 30.8 Å². The van der Waals surface area contributed by atoms with Crippen molar-refractivity contribution in [2.45, 2.75) is 36.6 Å². The molecule has 3 aromatic rings. The van der Waals surface area contributed by atoms with Crippen LogP contribution in [0.3, 0.4) is 0 Å². The number of thioether (sulfide) groups is 2. The number of aromatic nitrogens is 2. The van der Waals surface area contributed by atoms with Crippen molar-refractivity contribution in [3.8, 4) is 5.75 Å². The van der Waals surface area contributed by atoms with Gasteiger partial charge >= 0.3 is 0 Å². The first kappa shape index (κ1) is 21.5. The highest BCUT2D eigenvalue weighted by Gasteiger charge is 2.31. The number of oxazole rings is 1. The topological polar surface area (TPSA) is 94.3 Å². The Kier molecular flexibility index (Phi) is 6.93. The highest BCUT2D eigenvalue weighted by Crippen LogP contribution is 2.23. The molecule has 0 bridgehead atoms. The number of amides is 1. The molecule has 1 saturated heterocycles. The molecule has 4 rings (SSSR count). The lowest BCUT2D eigenvalue weighted by Gasteiger charge is -2.09. The second-order valence-corrected chi connectivity index (χ2v) is 8.89. The van der Waals surface area contributed by atoms with Crippen LogP contribution < -0.4 is 10.1 Å². The van der Waals surface area contributed by atoms with Gasteiger partial charge in [0.25, 0.3) is 5.24 Å². The fourth-order valence-corrected chi connectivity index (χ4v) is 4.47. The van der Waals surface area contributed by atoms with Gasteiger partial charge in [0.1, 0.15) is 17.6 Å². The molecule has 1 aliphatic rings. The molecule has 2 aromatic heterocycles. The van der Waals surface area contributed by atoms with E-state index in [9.17, 15) is 9.59 Å². The zero-order valence-electron chi connectivity index (χ0n) is 16.9. The predicted octanol–water partition coefficient (Wildman–Crippen LogP) is 4.19. The molecular weight excluding hydrogens is 434 g/mol. The Bertz CT molecular complexity index is 1050. The molecule has 0 radical (unpaired) electrons. The van der Waals surface area contributed by atoms with Gasteiger partial charge in [-0.2, -0.15) is 0 Å². The van der Waals surface area contributed by atoms with E-state index in [1.54, 1.807) is 18.0 Å². The van der Waals surface area contributed by atoms with Crippen LogP contribution in [0.5, 0.6) is 5.75 Å². The van der Waals surface area contributed by atoms with Gasteiger partial charge in [0.15, 0.2) is 0 Å². The molecule has 0 saturated carbocycles. The second-order valence-electron chi connectivity index (χ2n) is 6.92. The van der Waals surface area contributed by atoms with Crippen molar-refractivity contribution < 1.29 is 18.7 Å². The molecule has 7 nitrogen and oxygen atoms in total. The van der Waals surface area contributed by atoms with E-state index in [1.165, 1.54) is 0 Å². The first-order valence-corrected chi connectivity index (χ1v) is 11.6. The Balaban J connectivity index is 1.24. The molecule has 9 heteroatoms. The van der Waals surface area contributed by atoms with Crippen LogP contribution in [0.15, 0.2) is 58.1 Å². The summed E-state index contributed by atoms with van der Waals surface area (Å²) in [4.78, 5) is 31.8. The highest BCUT2D eigenvalue weighted by molar-refractivity contribution is 8.26. The third kappa shape index (κ3) is 5.89. The molecule has 0 aliphatic carbocycles. The van der Waals surface area contributed by atoms with Gasteiger partial charge in [-0.25, -0.2) is 9.97 Å². The number of rotatable bonds is 9. The highest BCUT2D eigenvalue weighted by atomic mass is 32.2. The fourth-order valence-electron chi connectivity index (χ4n) is 3.10. The van der Waals surface area contributed by atoms with Crippen LogP contribution in [0.4, 0.5) is 4.79 Å². The number of carbonyl (C=O) groups is 2. The van der Waals surface area contributed by atoms with Gasteiger partial charge in [-0.1, -0.05) is 30.0 Å². The number of benzene rings is 1. The van der Waals surface area contributed by atoms with Crippen LogP contribution >= 0.6 is 23.5 Å². The van der Waals surface area contributed by atoms with Crippen LogP contribution in [0.1, 0.15) is 22.9 Å². The van der Waals surface area contributed by atoms with E-state index < -0.39 is 6.04 Å². The normalized spacial score (nSPS) is 15.8. The fraction of sp³-hybridized carbons (Fsp3) is 0.273. The average Bonchev–Trinajstić information content (AvgIpc) is 3.29. The first-order valence-electron chi connectivity index (χ1n) is 9.80. The lowest BCUT2D eigenvalue weighted by molar-refractivity contribution is -0.112. The number of hydrogen-bond acceptors (Lipinski definition) is 8. The van der Waals surface area contributed by atoms with E-state index in [4.69, 9.17) is 9.15 Å². The van der Waals surface area contributed by atoms with Crippen molar-refractivity contribution in [3.05, 3.63) is 71.6 Å². The van der Waals surface area contributed by atoms with Gasteiger partial charge in [-0.15, -0.1) is 0 Å². The monoisotopic (exact) mass is 455 g/mol. The molecule has 31 heavy (non-hydrogen) atoms. The van der Waals surface area contributed by atoms with E-state index in [0.29, 0.717) is 31.1 Å². The first-order chi connectivity index (χ1) is 15.1. The van der Waals surface area contributed by atoms with Crippen LogP contribution in [-0.4, -0.2) is 33.0 Å². The Morgan fingerprint density at radius 1 is 1.19 bits per heavy atom. The summed E-state index contributed by atoms with van der Waals surface area (Å²) in [5.41, 5.74) is 1.86. The lowest BCUT2D eigenvalue weighted by atomic mass is 10.1. The minimum Gasteiger partial charge on any atom is -0.493 e. The SMILES string of the molecule is Cc1oc(CSc2ccccn2)nc1CCOc1ccc(CC2NC(=O)SC2=O)cc1. The molecule has 0 spiro atoms. The zero-order valence-corrected chi connectivity index (χ0v) is 18.5. The Labute approximate surface area is 188 Å². The van der Waals surface area contributed by atoms with Crippen molar-refractivity contribution in [1.29, 1.82) is 0 Å². The quantitative estimate of drug-likeness (QED) is 0.480. The average molecular weight is 456 g/mol. The van der Waals surface area contributed by atoms with E-state index in [0.717, 1.165) is 39.6 Å². The summed E-state index contributed by atoms with van der Waals surface area (Å²) in [5.74, 6) is 2.85. The lowest BCUT2D eigenvalue weighted by Crippen LogP contribution is -2.30. The number of pyridine rings is 1. The predicted molar refractivity (Wildman–Crippen MR) is 119 cm³/mol. The minimum absolute atomic E-state index is 0.133. The van der Waals surface area contributed by atoms with E-state index in [2.05, 4.69) is 15.3 Å². The van der Waals surface area contributed by atoms with Crippen molar-refractivity contribution >= 4 is 33.9 Å². The van der Waals surface area contributed by atoms with Crippen molar-refractivity contribution in [2.24, 2.45) is 0 Å². The summed E-state index contributed by atoms with van der Waals surface area (Å²) in [7, 11) is 0. The van der Waals surface area contributed by atoms with Gasteiger partial charge in [0.05, 0.1) is 23.1 Å². The molecular formula is C22H21N3O4S2. The largest absolute Gasteiger partial charge is 0.493 e. The maximum atomic E-state index is 11.7. The van der Waals surface area contributed by atoms with Crippen LogP contribution in [-0.2, 0) is 23.4 Å². The number of aryl methyl sites for hydroxylation is 1. The van der Waals surface area contributed by atoms with Gasteiger partial charge in [-0.3, -0.25) is 9.59 Å². The molecule has 1 N–H and O–H groups in total. The summed E-state index contributed by atoms with van der Waals surface area (Å²) in [6.07, 6.45) is 2.89. The molecule has 1 unspecified atom stereocenters. The van der Waals surface area contributed by atoms with Crippen LogP contribution in [0.25, 0.3) is 0 Å². The summed E-state index contributed by atoms with van der Waals surface area (Å²) >= 11 is 2.32. The molecule has 1 aromatic carbocycles. The molecule has 160 valence electrons. The molecule has 1 amide bonds. The number of nitrogens with one attached hydrogen (secondary N) is 1. The summed E-state index contributed by atoms with van der Waals surface area (Å²) in [6.45, 7) is 2.39. The van der Waals surface area contributed by atoms with Crippen molar-refractivity contribution in [3.63, 3.8) is 0 Å². The van der Waals surface area contributed by atoms with Gasteiger partial charge in [-0.05, 0) is 36.8 Å². The van der Waals surface area contributed by atoms with Crippen LogP contribution in [0.2, 0.25) is 0 Å². The number of nitrogens with zero attached hydrogens (tertiary/aromatic N) is 2. The van der Waals surface area contributed by atoms with Gasteiger partial charge in [0.2, 0.25) is 11.0 Å². The molecule has 1 atom stereocenters. The van der Waals surface area contributed by atoms with E-state index in [1.807, 2.05) is 49.4 Å². The Hall–Kier alpha value is -2.78. The smallest absolute Gasteiger partial charge is 0.287 e. The third-order valence-corrected chi connectivity index (χ3v) is 6.38. The maximum Gasteiger partial charge on any atom is 0.287 e. The Morgan fingerprint density at radius 3 is 2.74 bits per heavy atom. The van der Waals surface area contributed by atoms with E-state index >= 15 is 0 Å². The number of hydrogen-bond donors (Lipinski definition) is 1. The zero-order chi connectivity index (χ0) is 21.6. The molecule has 1 fully saturated rings. The minimum atomic E-state index is -0.454.